The van der Waals surface area contributed by atoms with Gasteiger partial charge in [0.1, 0.15) is 6.04 Å². The summed E-state index contributed by atoms with van der Waals surface area (Å²) < 4.78 is 0. The van der Waals surface area contributed by atoms with Crippen LogP contribution in [0.3, 0.4) is 0 Å². The minimum atomic E-state index is -0.947. The maximum Gasteiger partial charge on any atom is 0.320 e. The smallest absolute Gasteiger partial charge is 0.320 e. The van der Waals surface area contributed by atoms with Crippen molar-refractivity contribution >= 4 is 17.7 Å². The Morgan fingerprint density at radius 3 is 2.70 bits per heavy atom. The first-order valence-corrected chi connectivity index (χ1v) is 4.10. The number of aliphatic carboxylic acids is 1. The van der Waals surface area contributed by atoms with Crippen molar-refractivity contribution in [2.45, 2.75) is 12.5 Å². The molecule has 0 saturated carbocycles. The van der Waals surface area contributed by atoms with Crippen molar-refractivity contribution in [3.8, 4) is 0 Å². The van der Waals surface area contributed by atoms with Crippen LogP contribution < -0.4 is 11.5 Å². The standard InChI is InChI=1S/C5H12N2O2S/c6-3-10-2-1-4(7)5(8)9/h4H,1-3,6-7H2,(H,8,9). The van der Waals surface area contributed by atoms with Crippen molar-refractivity contribution in [1.82, 2.24) is 0 Å². The first-order valence-electron chi connectivity index (χ1n) is 2.94. The van der Waals surface area contributed by atoms with Gasteiger partial charge in [0.05, 0.1) is 0 Å². The van der Waals surface area contributed by atoms with Gasteiger partial charge in [0, 0.05) is 5.88 Å². The molecule has 0 rings (SSSR count). The molecule has 60 valence electrons. The molecule has 0 aliphatic heterocycles. The molecule has 0 fully saturated rings. The van der Waals surface area contributed by atoms with E-state index in [9.17, 15) is 4.79 Å². The third-order valence-corrected chi connectivity index (χ3v) is 1.77. The molecule has 0 bridgehead atoms. The topological polar surface area (TPSA) is 89.3 Å². The highest BCUT2D eigenvalue weighted by atomic mass is 32.2. The van der Waals surface area contributed by atoms with Gasteiger partial charge in [0.2, 0.25) is 0 Å². The molecule has 0 aliphatic rings. The number of thioether (sulfide) groups is 1. The lowest BCUT2D eigenvalue weighted by Gasteiger charge is -2.03. The number of rotatable bonds is 5. The number of hydrogen-bond donors (Lipinski definition) is 3. The van der Waals surface area contributed by atoms with E-state index in [0.717, 1.165) is 0 Å². The Bertz CT molecular complexity index is 110. The zero-order valence-corrected chi connectivity index (χ0v) is 6.43. The van der Waals surface area contributed by atoms with E-state index in [0.29, 0.717) is 18.1 Å². The second kappa shape index (κ2) is 5.52. The van der Waals surface area contributed by atoms with Crippen LogP contribution in [0.1, 0.15) is 6.42 Å². The van der Waals surface area contributed by atoms with Gasteiger partial charge >= 0.3 is 5.97 Å². The lowest BCUT2D eigenvalue weighted by Crippen LogP contribution is -2.30. The molecule has 4 nitrogen and oxygen atoms in total. The summed E-state index contributed by atoms with van der Waals surface area (Å²) in [5.74, 6) is 0.286. The highest BCUT2D eigenvalue weighted by molar-refractivity contribution is 7.99. The summed E-state index contributed by atoms with van der Waals surface area (Å²) in [7, 11) is 0. The Balaban J connectivity index is 3.21. The third-order valence-electron chi connectivity index (χ3n) is 1.01. The molecule has 0 aromatic carbocycles. The lowest BCUT2D eigenvalue weighted by atomic mass is 10.2. The van der Waals surface area contributed by atoms with Crippen molar-refractivity contribution in [3.63, 3.8) is 0 Å². The van der Waals surface area contributed by atoms with Crippen LogP contribution in [0.5, 0.6) is 0 Å². The molecule has 0 saturated heterocycles. The molecule has 1 unspecified atom stereocenters. The molecule has 5 N–H and O–H groups in total. The van der Waals surface area contributed by atoms with Gasteiger partial charge in [-0.3, -0.25) is 4.79 Å². The normalized spacial score (nSPS) is 13.0. The molecule has 0 aromatic heterocycles. The van der Waals surface area contributed by atoms with Gasteiger partial charge in [-0.05, 0) is 12.2 Å². The second-order valence-corrected chi connectivity index (χ2v) is 2.96. The molecular formula is C5H12N2O2S. The van der Waals surface area contributed by atoms with E-state index in [4.69, 9.17) is 16.6 Å². The molecule has 0 spiro atoms. The van der Waals surface area contributed by atoms with Crippen LogP contribution in [0.4, 0.5) is 0 Å². The van der Waals surface area contributed by atoms with Crippen molar-refractivity contribution in [2.24, 2.45) is 11.5 Å². The summed E-state index contributed by atoms with van der Waals surface area (Å²) in [5, 5.41) is 8.32. The molecular weight excluding hydrogens is 152 g/mol. The second-order valence-electron chi connectivity index (χ2n) is 1.81. The molecule has 0 amide bonds. The quantitative estimate of drug-likeness (QED) is 0.374. The SMILES string of the molecule is NCSCCC(N)C(=O)O. The van der Waals surface area contributed by atoms with Crippen molar-refractivity contribution in [1.29, 1.82) is 0 Å². The minimum Gasteiger partial charge on any atom is -0.480 e. The molecule has 0 radical (unpaired) electrons. The van der Waals surface area contributed by atoms with E-state index in [1.807, 2.05) is 0 Å². The van der Waals surface area contributed by atoms with Crippen LogP contribution >= 0.6 is 11.8 Å². The number of carboxylic acid groups (broad SMARTS) is 1. The molecule has 0 heterocycles. The highest BCUT2D eigenvalue weighted by Crippen LogP contribution is 2.00. The number of nitrogens with two attached hydrogens (primary N) is 2. The van der Waals surface area contributed by atoms with E-state index < -0.39 is 12.0 Å². The third kappa shape index (κ3) is 4.60. The highest BCUT2D eigenvalue weighted by Gasteiger charge is 2.09. The Labute approximate surface area is 64.0 Å². The van der Waals surface area contributed by atoms with Crippen LogP contribution in [0.25, 0.3) is 0 Å². The molecule has 0 aliphatic carbocycles. The van der Waals surface area contributed by atoms with E-state index in [1.54, 1.807) is 0 Å². The van der Waals surface area contributed by atoms with E-state index in [1.165, 1.54) is 11.8 Å². The van der Waals surface area contributed by atoms with Gasteiger partial charge < -0.3 is 16.6 Å². The van der Waals surface area contributed by atoms with Crippen molar-refractivity contribution < 1.29 is 9.90 Å². The molecule has 5 heteroatoms. The van der Waals surface area contributed by atoms with Gasteiger partial charge in [-0.15, -0.1) is 11.8 Å². The summed E-state index contributed by atoms with van der Waals surface area (Å²) in [4.78, 5) is 10.1. The largest absolute Gasteiger partial charge is 0.480 e. The summed E-state index contributed by atoms with van der Waals surface area (Å²) in [5.41, 5.74) is 10.4. The Morgan fingerprint density at radius 2 is 2.30 bits per heavy atom. The van der Waals surface area contributed by atoms with Crippen LogP contribution in [-0.2, 0) is 4.79 Å². The number of carboxylic acids is 1. The molecule has 0 aromatic rings. The predicted molar refractivity (Wildman–Crippen MR) is 41.7 cm³/mol. The van der Waals surface area contributed by atoms with Gasteiger partial charge in [0.15, 0.2) is 0 Å². The average Bonchev–Trinajstić information content (AvgIpc) is 1.88. The zero-order valence-electron chi connectivity index (χ0n) is 5.62. The zero-order chi connectivity index (χ0) is 7.98. The Morgan fingerprint density at radius 1 is 1.70 bits per heavy atom. The van der Waals surface area contributed by atoms with Crippen LogP contribution in [0.2, 0.25) is 0 Å². The van der Waals surface area contributed by atoms with E-state index >= 15 is 0 Å². The predicted octanol–water partition coefficient (Wildman–Crippen LogP) is -0.562. The van der Waals surface area contributed by atoms with Crippen LogP contribution in [-0.4, -0.2) is 28.7 Å². The maximum absolute atomic E-state index is 10.1. The first-order chi connectivity index (χ1) is 4.68. The Hall–Kier alpha value is -0.260. The van der Waals surface area contributed by atoms with Crippen LogP contribution in [0, 0.1) is 0 Å². The summed E-state index contributed by atoms with van der Waals surface area (Å²) in [6.07, 6.45) is 0.483. The van der Waals surface area contributed by atoms with Crippen molar-refractivity contribution in [3.05, 3.63) is 0 Å². The fraction of sp³-hybridized carbons (Fsp3) is 0.800. The number of carbonyl (C=O) groups is 1. The van der Waals surface area contributed by atoms with Gasteiger partial charge in [-0.2, -0.15) is 0 Å². The fourth-order valence-corrected chi connectivity index (χ4v) is 1.00. The molecule has 1 atom stereocenters. The van der Waals surface area contributed by atoms with E-state index in [2.05, 4.69) is 0 Å². The maximum atomic E-state index is 10.1. The summed E-state index contributed by atoms with van der Waals surface area (Å²) >= 11 is 1.49. The summed E-state index contributed by atoms with van der Waals surface area (Å²) in [6.45, 7) is 0. The van der Waals surface area contributed by atoms with Crippen molar-refractivity contribution in [2.75, 3.05) is 11.6 Å². The minimum absolute atomic E-state index is 0.483. The fourth-order valence-electron chi connectivity index (χ4n) is 0.417. The molecule has 10 heavy (non-hydrogen) atoms. The Kier molecular flexibility index (Phi) is 5.38. The lowest BCUT2D eigenvalue weighted by molar-refractivity contribution is -0.138. The first kappa shape index (κ1) is 9.74. The number of hydrogen-bond acceptors (Lipinski definition) is 4. The van der Waals surface area contributed by atoms with Gasteiger partial charge in [-0.25, -0.2) is 0 Å². The monoisotopic (exact) mass is 164 g/mol. The van der Waals surface area contributed by atoms with E-state index in [-0.39, 0.29) is 0 Å². The average molecular weight is 164 g/mol. The van der Waals surface area contributed by atoms with Gasteiger partial charge in [0.25, 0.3) is 0 Å². The van der Waals surface area contributed by atoms with Crippen LogP contribution in [0.15, 0.2) is 0 Å². The summed E-state index contributed by atoms with van der Waals surface area (Å²) in [6, 6.07) is -0.737. The van der Waals surface area contributed by atoms with Gasteiger partial charge in [-0.1, -0.05) is 0 Å².